The normalized spacial score (nSPS) is 25.3. The lowest BCUT2D eigenvalue weighted by Gasteiger charge is -2.39. The Kier molecular flexibility index (Phi) is 8.15. The van der Waals surface area contributed by atoms with Crippen molar-refractivity contribution in [1.82, 2.24) is 14.7 Å². The predicted molar refractivity (Wildman–Crippen MR) is 157 cm³/mol. The van der Waals surface area contributed by atoms with Crippen molar-refractivity contribution in [2.24, 2.45) is 17.3 Å². The summed E-state index contributed by atoms with van der Waals surface area (Å²) in [5.41, 5.74) is 2.32. The smallest absolute Gasteiger partial charge is 0.229 e. The maximum Gasteiger partial charge on any atom is 0.229 e. The molecule has 1 spiro atoms. The van der Waals surface area contributed by atoms with Crippen molar-refractivity contribution < 1.29 is 14.3 Å². The van der Waals surface area contributed by atoms with E-state index >= 15 is 0 Å². The first kappa shape index (κ1) is 27.3. The van der Waals surface area contributed by atoms with Crippen molar-refractivity contribution in [3.63, 3.8) is 0 Å². The van der Waals surface area contributed by atoms with Gasteiger partial charge in [-0.3, -0.25) is 9.59 Å². The van der Waals surface area contributed by atoms with Crippen molar-refractivity contribution >= 4 is 11.8 Å². The molecule has 3 aliphatic heterocycles. The number of ether oxygens (including phenoxy) is 1. The van der Waals surface area contributed by atoms with Crippen LogP contribution in [0.15, 0.2) is 54.6 Å². The Labute approximate surface area is 239 Å². The molecule has 4 aliphatic rings. The largest absolute Gasteiger partial charge is 0.497 e. The van der Waals surface area contributed by atoms with Gasteiger partial charge < -0.3 is 19.4 Å². The van der Waals surface area contributed by atoms with Gasteiger partial charge in [0.1, 0.15) is 5.75 Å². The maximum atomic E-state index is 13.6. The van der Waals surface area contributed by atoms with Crippen LogP contribution in [0.3, 0.4) is 0 Å². The highest BCUT2D eigenvalue weighted by Crippen LogP contribution is 2.43. The van der Waals surface area contributed by atoms with Crippen LogP contribution in [-0.2, 0) is 16.1 Å². The van der Waals surface area contributed by atoms with Crippen molar-refractivity contribution in [2.75, 3.05) is 46.4 Å². The highest BCUT2D eigenvalue weighted by atomic mass is 16.5. The molecule has 3 heterocycles. The summed E-state index contributed by atoms with van der Waals surface area (Å²) in [6.07, 6.45) is 8.59. The lowest BCUT2D eigenvalue weighted by atomic mass is 9.76. The third-order valence-electron chi connectivity index (χ3n) is 10.4. The van der Waals surface area contributed by atoms with Crippen LogP contribution in [0, 0.1) is 17.3 Å². The SMILES string of the molecule is COc1ccc(CN2CCC3(CCN(CC4CN(C(=O)CC5CCCC5)CC4c4ccccc4)CC3)C2=O)cc1. The van der Waals surface area contributed by atoms with E-state index in [1.807, 2.05) is 12.1 Å². The molecule has 0 radical (unpaired) electrons. The van der Waals surface area contributed by atoms with E-state index in [0.717, 1.165) is 76.3 Å². The van der Waals surface area contributed by atoms with E-state index in [2.05, 4.69) is 57.2 Å². The Morgan fingerprint density at radius 1 is 0.925 bits per heavy atom. The number of methoxy groups -OCH3 is 1. The lowest BCUT2D eigenvalue weighted by Crippen LogP contribution is -2.46. The Morgan fingerprint density at radius 3 is 2.33 bits per heavy atom. The topological polar surface area (TPSA) is 53.1 Å². The van der Waals surface area contributed by atoms with Crippen LogP contribution in [0.25, 0.3) is 0 Å². The summed E-state index contributed by atoms with van der Waals surface area (Å²) in [6, 6.07) is 18.9. The van der Waals surface area contributed by atoms with Gasteiger partial charge in [-0.05, 0) is 80.3 Å². The first-order valence-electron chi connectivity index (χ1n) is 15.5. The number of hydrogen-bond acceptors (Lipinski definition) is 4. The van der Waals surface area contributed by atoms with E-state index in [1.165, 1.54) is 31.2 Å². The minimum Gasteiger partial charge on any atom is -0.497 e. The summed E-state index contributed by atoms with van der Waals surface area (Å²) < 4.78 is 5.28. The summed E-state index contributed by atoms with van der Waals surface area (Å²) >= 11 is 0. The molecule has 1 aliphatic carbocycles. The molecule has 2 atom stereocenters. The van der Waals surface area contributed by atoms with Gasteiger partial charge >= 0.3 is 0 Å². The first-order chi connectivity index (χ1) is 19.5. The zero-order valence-electron chi connectivity index (χ0n) is 24.1. The van der Waals surface area contributed by atoms with Crippen LogP contribution in [0.2, 0.25) is 0 Å². The Balaban J connectivity index is 1.06. The van der Waals surface area contributed by atoms with Crippen molar-refractivity contribution in [3.05, 3.63) is 65.7 Å². The number of nitrogens with zero attached hydrogens (tertiary/aromatic N) is 3. The molecule has 1 saturated carbocycles. The van der Waals surface area contributed by atoms with E-state index in [9.17, 15) is 9.59 Å². The summed E-state index contributed by atoms with van der Waals surface area (Å²) in [6.45, 7) is 6.18. The van der Waals surface area contributed by atoms with Crippen LogP contribution < -0.4 is 4.74 Å². The molecule has 3 saturated heterocycles. The minimum atomic E-state index is -0.194. The van der Waals surface area contributed by atoms with Gasteiger partial charge in [0.05, 0.1) is 12.5 Å². The molecule has 0 aromatic heterocycles. The molecule has 2 aromatic carbocycles. The van der Waals surface area contributed by atoms with Gasteiger partial charge in [-0.25, -0.2) is 0 Å². The lowest BCUT2D eigenvalue weighted by molar-refractivity contribution is -0.139. The monoisotopic (exact) mass is 543 g/mol. The maximum absolute atomic E-state index is 13.6. The highest BCUT2D eigenvalue weighted by molar-refractivity contribution is 5.85. The standard InChI is InChI=1S/C34H45N3O3/c1-40-30-13-11-27(12-14-30)22-36-20-17-34(33(36)39)15-18-35(19-16-34)23-29-24-37(32(38)21-26-7-5-6-8-26)25-31(29)28-9-3-2-4-10-28/h2-4,9-14,26,29,31H,5-8,15-25H2,1H3. The van der Waals surface area contributed by atoms with Gasteiger partial charge in [0.2, 0.25) is 11.8 Å². The number of carbonyl (C=O) groups is 2. The molecular formula is C34H45N3O3. The Morgan fingerprint density at radius 2 is 1.62 bits per heavy atom. The Bertz CT molecular complexity index is 1150. The van der Waals surface area contributed by atoms with Gasteiger partial charge in [0.15, 0.2) is 0 Å². The summed E-state index contributed by atoms with van der Waals surface area (Å²) in [4.78, 5) is 33.7. The van der Waals surface area contributed by atoms with E-state index in [4.69, 9.17) is 4.74 Å². The second-order valence-electron chi connectivity index (χ2n) is 12.8. The highest BCUT2D eigenvalue weighted by Gasteiger charge is 2.48. The molecule has 2 unspecified atom stereocenters. The molecule has 2 amide bonds. The van der Waals surface area contributed by atoms with Gasteiger partial charge in [-0.15, -0.1) is 0 Å². The zero-order valence-corrected chi connectivity index (χ0v) is 24.1. The van der Waals surface area contributed by atoms with Crippen molar-refractivity contribution in [1.29, 1.82) is 0 Å². The van der Waals surface area contributed by atoms with Crippen LogP contribution in [0.1, 0.15) is 68.4 Å². The second kappa shape index (κ2) is 11.9. The van der Waals surface area contributed by atoms with Gasteiger partial charge in [0.25, 0.3) is 0 Å². The van der Waals surface area contributed by atoms with Crippen LogP contribution in [0.4, 0.5) is 0 Å². The summed E-state index contributed by atoms with van der Waals surface area (Å²) in [5.74, 6) is 2.97. The van der Waals surface area contributed by atoms with E-state index in [-0.39, 0.29) is 5.41 Å². The fourth-order valence-electron chi connectivity index (χ4n) is 7.88. The second-order valence-corrected chi connectivity index (χ2v) is 12.8. The van der Waals surface area contributed by atoms with Gasteiger partial charge in [-0.2, -0.15) is 0 Å². The van der Waals surface area contributed by atoms with Gasteiger partial charge in [-0.1, -0.05) is 55.3 Å². The van der Waals surface area contributed by atoms with Crippen LogP contribution >= 0.6 is 0 Å². The molecule has 2 aromatic rings. The molecule has 4 fully saturated rings. The third kappa shape index (κ3) is 5.79. The van der Waals surface area contributed by atoms with Crippen molar-refractivity contribution in [2.45, 2.75) is 63.8 Å². The number of rotatable bonds is 8. The average molecular weight is 544 g/mol. The molecule has 0 N–H and O–H groups in total. The number of carbonyl (C=O) groups excluding carboxylic acids is 2. The number of hydrogen-bond donors (Lipinski definition) is 0. The number of likely N-dealkylation sites (tertiary alicyclic amines) is 3. The fraction of sp³-hybridized carbons (Fsp3) is 0.588. The number of piperidine rings is 1. The van der Waals surface area contributed by atoms with Crippen LogP contribution in [0.5, 0.6) is 5.75 Å². The quantitative estimate of drug-likeness (QED) is 0.452. The van der Waals surface area contributed by atoms with E-state index in [0.29, 0.717) is 36.1 Å². The predicted octanol–water partition coefficient (Wildman–Crippen LogP) is 5.33. The van der Waals surface area contributed by atoms with Crippen LogP contribution in [-0.4, -0.2) is 72.9 Å². The number of amides is 2. The Hall–Kier alpha value is -2.86. The van der Waals surface area contributed by atoms with Gasteiger partial charge in [0, 0.05) is 45.1 Å². The molecule has 6 heteroatoms. The van der Waals surface area contributed by atoms with Crippen molar-refractivity contribution in [3.8, 4) is 5.75 Å². The molecule has 6 nitrogen and oxygen atoms in total. The van der Waals surface area contributed by atoms with E-state index in [1.54, 1.807) is 7.11 Å². The molecule has 0 bridgehead atoms. The average Bonchev–Trinajstić information content (AvgIpc) is 3.72. The number of benzene rings is 2. The minimum absolute atomic E-state index is 0.194. The third-order valence-corrected chi connectivity index (χ3v) is 10.4. The summed E-state index contributed by atoms with van der Waals surface area (Å²) in [5, 5.41) is 0. The molecular weight excluding hydrogens is 498 g/mol. The summed E-state index contributed by atoms with van der Waals surface area (Å²) in [7, 11) is 1.68. The molecule has 40 heavy (non-hydrogen) atoms. The van der Waals surface area contributed by atoms with E-state index < -0.39 is 0 Å². The molecule has 214 valence electrons. The fourth-order valence-corrected chi connectivity index (χ4v) is 7.88. The zero-order chi connectivity index (χ0) is 27.5. The first-order valence-corrected chi connectivity index (χ1v) is 15.5. The molecule has 6 rings (SSSR count).